The molecule has 3 heterocycles. The number of aromatic nitrogens is 4. The van der Waals surface area contributed by atoms with E-state index in [-0.39, 0.29) is 5.56 Å². The van der Waals surface area contributed by atoms with E-state index in [4.69, 9.17) is 6.42 Å². The Morgan fingerprint density at radius 1 is 1.00 bits per heavy atom. The van der Waals surface area contributed by atoms with Crippen molar-refractivity contribution in [3.8, 4) is 23.5 Å². The molecule has 0 bridgehead atoms. The number of fused-ring (bicyclic) bond motifs is 1. The fourth-order valence-corrected chi connectivity index (χ4v) is 4.50. The van der Waals surface area contributed by atoms with Gasteiger partial charge in [-0.05, 0) is 41.8 Å². The van der Waals surface area contributed by atoms with Crippen LogP contribution in [0.4, 0.5) is 0 Å². The molecule has 0 saturated carbocycles. The lowest BCUT2D eigenvalue weighted by Crippen LogP contribution is -2.31. The van der Waals surface area contributed by atoms with Gasteiger partial charge >= 0.3 is 0 Å². The molecule has 1 N–H and O–H groups in total. The molecule has 0 radical (unpaired) electrons. The number of hydrogen-bond acceptors (Lipinski definition) is 4. The second-order valence-corrected chi connectivity index (χ2v) is 8.74. The summed E-state index contributed by atoms with van der Waals surface area (Å²) in [5.74, 6) is 2.65. The van der Waals surface area contributed by atoms with Gasteiger partial charge in [0.05, 0.1) is 18.2 Å². The first-order valence-corrected chi connectivity index (χ1v) is 11.2. The van der Waals surface area contributed by atoms with Crippen LogP contribution in [0, 0.1) is 19.3 Å². The summed E-state index contributed by atoms with van der Waals surface area (Å²) < 4.78 is 3.30. The second-order valence-electron chi connectivity index (χ2n) is 8.74. The third-order valence-electron chi connectivity index (χ3n) is 6.49. The average Bonchev–Trinajstić information content (AvgIpc) is 3.32. The van der Waals surface area contributed by atoms with Crippen LogP contribution in [0.1, 0.15) is 27.9 Å². The summed E-state index contributed by atoms with van der Waals surface area (Å²) in [6, 6.07) is 18.7. The quantitative estimate of drug-likeness (QED) is 0.413. The first-order valence-electron chi connectivity index (χ1n) is 11.2. The van der Waals surface area contributed by atoms with Gasteiger partial charge in [-0.2, -0.15) is 0 Å². The van der Waals surface area contributed by atoms with Gasteiger partial charge < -0.3 is 9.67 Å². The summed E-state index contributed by atoms with van der Waals surface area (Å²) in [7, 11) is 3.53. The summed E-state index contributed by atoms with van der Waals surface area (Å²) in [6.45, 7) is 2.00. The second kappa shape index (κ2) is 8.39. The van der Waals surface area contributed by atoms with E-state index in [1.54, 1.807) is 36.4 Å². The van der Waals surface area contributed by atoms with Crippen LogP contribution in [-0.2, 0) is 19.7 Å². The van der Waals surface area contributed by atoms with Gasteiger partial charge in [0.2, 0.25) is 0 Å². The van der Waals surface area contributed by atoms with Crippen molar-refractivity contribution in [1.29, 1.82) is 0 Å². The van der Waals surface area contributed by atoms with Crippen LogP contribution in [0.3, 0.4) is 0 Å². The minimum absolute atomic E-state index is 0.181. The molecule has 5 rings (SSSR count). The van der Waals surface area contributed by atoms with Gasteiger partial charge in [-0.15, -0.1) is 6.42 Å². The minimum Gasteiger partial charge on any atom is -0.374 e. The van der Waals surface area contributed by atoms with E-state index < -0.39 is 5.60 Å². The van der Waals surface area contributed by atoms with Crippen molar-refractivity contribution in [2.24, 2.45) is 14.1 Å². The maximum atomic E-state index is 12.8. The number of aryl methyl sites for hydroxylation is 3. The molecule has 0 aliphatic rings. The van der Waals surface area contributed by atoms with Crippen LogP contribution < -0.4 is 5.56 Å². The van der Waals surface area contributed by atoms with Gasteiger partial charge in [0.25, 0.3) is 5.56 Å². The largest absolute Gasteiger partial charge is 0.374 e. The average molecular weight is 461 g/mol. The molecule has 3 aromatic heterocycles. The van der Waals surface area contributed by atoms with Crippen LogP contribution in [0.5, 0.6) is 0 Å². The van der Waals surface area contributed by atoms with Crippen LogP contribution >= 0.6 is 0 Å². The van der Waals surface area contributed by atoms with Crippen molar-refractivity contribution >= 4 is 11.0 Å². The molecule has 0 aliphatic carbocycles. The fourth-order valence-electron chi connectivity index (χ4n) is 4.50. The summed E-state index contributed by atoms with van der Waals surface area (Å²) >= 11 is 0. The zero-order chi connectivity index (χ0) is 24.7. The SMILES string of the molecule is C#Cc1cccc(-c2cc(=O)n(C)c3ncc(C(O)(c4ccc(C)cc4)c4cncn4C)cc23)c1. The maximum absolute atomic E-state index is 12.8. The monoisotopic (exact) mass is 460 g/mol. The third kappa shape index (κ3) is 3.63. The number of terminal acetylenes is 1. The van der Waals surface area contributed by atoms with Crippen LogP contribution in [0.15, 0.2) is 84.2 Å². The Kier molecular flexibility index (Phi) is 5.35. The van der Waals surface area contributed by atoms with E-state index in [9.17, 15) is 9.90 Å². The van der Waals surface area contributed by atoms with Gasteiger partial charge in [0.1, 0.15) is 5.65 Å². The summed E-state index contributed by atoms with van der Waals surface area (Å²) in [4.78, 5) is 21.7. The summed E-state index contributed by atoms with van der Waals surface area (Å²) in [6.07, 6.45) is 10.6. The number of hydrogen-bond donors (Lipinski definition) is 1. The lowest BCUT2D eigenvalue weighted by molar-refractivity contribution is 0.117. The molecular weight excluding hydrogens is 436 g/mol. The predicted octanol–water partition coefficient (Wildman–Crippen LogP) is 3.91. The molecule has 6 nitrogen and oxygen atoms in total. The van der Waals surface area contributed by atoms with Crippen molar-refractivity contribution in [3.05, 3.63) is 118 Å². The molecule has 0 spiro atoms. The Bertz CT molecular complexity index is 1670. The van der Waals surface area contributed by atoms with Crippen LogP contribution in [0.25, 0.3) is 22.2 Å². The summed E-state index contributed by atoms with van der Waals surface area (Å²) in [5, 5.41) is 13.0. The van der Waals surface area contributed by atoms with E-state index >= 15 is 0 Å². The van der Waals surface area contributed by atoms with E-state index in [2.05, 4.69) is 15.9 Å². The van der Waals surface area contributed by atoms with E-state index in [1.165, 1.54) is 4.57 Å². The van der Waals surface area contributed by atoms with Crippen molar-refractivity contribution in [3.63, 3.8) is 0 Å². The van der Waals surface area contributed by atoms with Crippen molar-refractivity contribution in [1.82, 2.24) is 19.1 Å². The molecule has 0 aliphatic heterocycles. The fraction of sp³-hybridized carbons (Fsp3) is 0.138. The van der Waals surface area contributed by atoms with E-state index in [0.717, 1.165) is 16.5 Å². The molecule has 35 heavy (non-hydrogen) atoms. The van der Waals surface area contributed by atoms with Gasteiger partial charge in [-0.25, -0.2) is 9.97 Å². The number of pyridine rings is 2. The van der Waals surface area contributed by atoms with Crippen molar-refractivity contribution < 1.29 is 5.11 Å². The minimum atomic E-state index is -1.52. The smallest absolute Gasteiger partial charge is 0.252 e. The number of rotatable bonds is 4. The molecule has 1 unspecified atom stereocenters. The van der Waals surface area contributed by atoms with E-state index in [0.29, 0.717) is 33.6 Å². The predicted molar refractivity (Wildman–Crippen MR) is 137 cm³/mol. The molecule has 172 valence electrons. The Balaban J connectivity index is 1.84. The highest BCUT2D eigenvalue weighted by Crippen LogP contribution is 2.38. The molecule has 2 aromatic carbocycles. The molecule has 0 saturated heterocycles. The van der Waals surface area contributed by atoms with Crippen molar-refractivity contribution in [2.75, 3.05) is 0 Å². The van der Waals surface area contributed by atoms with Crippen LogP contribution in [-0.4, -0.2) is 24.2 Å². The number of benzene rings is 2. The molecule has 0 amide bonds. The zero-order valence-electron chi connectivity index (χ0n) is 19.7. The normalized spacial score (nSPS) is 12.9. The molecule has 5 aromatic rings. The Morgan fingerprint density at radius 3 is 2.46 bits per heavy atom. The number of nitrogens with zero attached hydrogens (tertiary/aromatic N) is 4. The molecule has 6 heteroatoms. The first kappa shape index (κ1) is 22.3. The van der Waals surface area contributed by atoms with Crippen LogP contribution in [0.2, 0.25) is 0 Å². The lowest BCUT2D eigenvalue weighted by Gasteiger charge is -2.30. The van der Waals surface area contributed by atoms with E-state index in [1.807, 2.05) is 68.6 Å². The third-order valence-corrected chi connectivity index (χ3v) is 6.49. The zero-order valence-corrected chi connectivity index (χ0v) is 19.7. The molecule has 1 atom stereocenters. The highest BCUT2D eigenvalue weighted by molar-refractivity contribution is 5.93. The molecule has 0 fully saturated rings. The Morgan fingerprint density at radius 2 is 1.77 bits per heavy atom. The Hall–Kier alpha value is -4.47. The van der Waals surface area contributed by atoms with Crippen molar-refractivity contribution in [2.45, 2.75) is 12.5 Å². The summed E-state index contributed by atoms with van der Waals surface area (Å²) in [5.41, 5.74) is 3.97. The number of imidazole rings is 1. The molecular formula is C29H24N4O2. The Labute approximate surface area is 203 Å². The van der Waals surface area contributed by atoms with Gasteiger partial charge in [-0.1, -0.05) is 47.9 Å². The van der Waals surface area contributed by atoms with Gasteiger partial charge in [-0.3, -0.25) is 9.36 Å². The van der Waals surface area contributed by atoms with Gasteiger partial charge in [0.15, 0.2) is 5.60 Å². The van der Waals surface area contributed by atoms with Gasteiger partial charge in [0, 0.05) is 42.9 Å². The highest BCUT2D eigenvalue weighted by atomic mass is 16.3. The lowest BCUT2D eigenvalue weighted by atomic mass is 9.83. The number of aliphatic hydroxyl groups is 1. The topological polar surface area (TPSA) is 72.9 Å². The highest BCUT2D eigenvalue weighted by Gasteiger charge is 2.37. The maximum Gasteiger partial charge on any atom is 0.252 e. The standard InChI is InChI=1S/C29H24N4O2/c1-5-20-7-6-8-21(13-20)24-15-27(34)33(4)28-25(24)14-23(16-31-28)29(35,26-17-30-18-32(26)3)22-11-9-19(2)10-12-22/h1,6-18,35H,2-4H3. The first-order chi connectivity index (χ1) is 16.8.